The maximum absolute atomic E-state index is 12.1. The maximum atomic E-state index is 12.1. The molecule has 1 aliphatic heterocycles. The van der Waals surface area contributed by atoms with Crippen molar-refractivity contribution in [3.8, 4) is 17.0 Å². The minimum Gasteiger partial charge on any atom is -0.492 e. The number of alkyl halides is 3. The van der Waals surface area contributed by atoms with Gasteiger partial charge in [-0.15, -0.1) is 0 Å². The first-order valence-corrected chi connectivity index (χ1v) is 12.2. The zero-order valence-corrected chi connectivity index (χ0v) is 21.1. The van der Waals surface area contributed by atoms with Gasteiger partial charge in [0.1, 0.15) is 12.4 Å². The average Bonchev–Trinajstić information content (AvgIpc) is 2.89. The van der Waals surface area contributed by atoms with Crippen LogP contribution in [0, 0.1) is 5.92 Å². The minimum absolute atomic E-state index is 0.141. The number of hydrogen-bond donors (Lipinski definition) is 1. The second-order valence-electron chi connectivity index (χ2n) is 9.02. The van der Waals surface area contributed by atoms with E-state index < -0.39 is 24.7 Å². The number of rotatable bonds is 9. The number of nitrogens with zero attached hydrogens (tertiary/aromatic N) is 2. The van der Waals surface area contributed by atoms with Gasteiger partial charge < -0.3 is 24.4 Å². The number of carbonyl (C=O) groups is 3. The second-order valence-corrected chi connectivity index (χ2v) is 9.02. The first kappa shape index (κ1) is 28.7. The van der Waals surface area contributed by atoms with E-state index in [0.29, 0.717) is 42.6 Å². The Labute approximate surface area is 218 Å². The van der Waals surface area contributed by atoms with Gasteiger partial charge in [0.2, 0.25) is 0 Å². The highest BCUT2D eigenvalue weighted by Crippen LogP contribution is 2.23. The topological polar surface area (TPSA) is 107 Å². The molecular formula is C26H30F3N3O6. The van der Waals surface area contributed by atoms with E-state index in [0.717, 1.165) is 18.4 Å². The molecule has 2 heterocycles. The van der Waals surface area contributed by atoms with Crippen LogP contribution >= 0.6 is 0 Å². The van der Waals surface area contributed by atoms with Crippen LogP contribution in [0.4, 0.5) is 18.0 Å². The van der Waals surface area contributed by atoms with Gasteiger partial charge in [-0.1, -0.05) is 12.1 Å². The zero-order valence-electron chi connectivity index (χ0n) is 21.1. The summed E-state index contributed by atoms with van der Waals surface area (Å²) in [5.74, 6) is -1.86. The summed E-state index contributed by atoms with van der Waals surface area (Å²) in [5.41, 5.74) is 1.72. The molecule has 38 heavy (non-hydrogen) atoms. The lowest BCUT2D eigenvalue weighted by Crippen LogP contribution is -2.40. The molecule has 3 rings (SSSR count). The molecule has 1 aliphatic rings. The lowest BCUT2D eigenvalue weighted by Gasteiger charge is -2.31. The fourth-order valence-corrected chi connectivity index (χ4v) is 3.69. The van der Waals surface area contributed by atoms with Crippen molar-refractivity contribution in [3.05, 3.63) is 48.2 Å². The quantitative estimate of drug-likeness (QED) is 0.377. The van der Waals surface area contributed by atoms with Gasteiger partial charge in [0.25, 0.3) is 5.91 Å². The molecule has 1 aromatic heterocycles. The van der Waals surface area contributed by atoms with Crippen molar-refractivity contribution in [2.24, 2.45) is 5.92 Å². The van der Waals surface area contributed by atoms with Crippen molar-refractivity contribution in [3.63, 3.8) is 0 Å². The van der Waals surface area contributed by atoms with Gasteiger partial charge in [0.15, 0.2) is 0 Å². The minimum atomic E-state index is -5.07. The normalized spacial score (nSPS) is 14.2. The Bertz CT molecular complexity index is 1080. The number of amides is 2. The highest BCUT2D eigenvalue weighted by atomic mass is 19.4. The zero-order chi connectivity index (χ0) is 27.7. The molecule has 12 heteroatoms. The third-order valence-electron chi connectivity index (χ3n) is 5.73. The van der Waals surface area contributed by atoms with Crippen molar-refractivity contribution in [2.45, 2.75) is 39.0 Å². The summed E-state index contributed by atoms with van der Waals surface area (Å²) >= 11 is 0. The Morgan fingerprint density at radius 2 is 1.76 bits per heavy atom. The molecule has 0 saturated carbocycles. The van der Waals surface area contributed by atoms with E-state index in [2.05, 4.69) is 15.0 Å². The van der Waals surface area contributed by atoms with Crippen molar-refractivity contribution in [2.75, 3.05) is 32.8 Å². The number of ether oxygens (including phenoxy) is 3. The number of hydrogen-bond acceptors (Lipinski definition) is 7. The van der Waals surface area contributed by atoms with Crippen LogP contribution in [0.5, 0.6) is 5.75 Å². The SMILES string of the molecule is CC(C)OC(=O)N1CCC(COc2ccc(-c3ccc(C(=O)NCCOC(=O)C(F)(F)F)cc3)nc2)CC1. The van der Waals surface area contributed by atoms with E-state index >= 15 is 0 Å². The highest BCUT2D eigenvalue weighted by molar-refractivity contribution is 5.94. The third-order valence-corrected chi connectivity index (χ3v) is 5.73. The van der Waals surface area contributed by atoms with E-state index in [1.165, 1.54) is 0 Å². The third kappa shape index (κ3) is 8.63. The molecule has 0 unspecified atom stereocenters. The van der Waals surface area contributed by atoms with E-state index in [9.17, 15) is 27.6 Å². The molecule has 1 saturated heterocycles. The maximum Gasteiger partial charge on any atom is 0.490 e. The lowest BCUT2D eigenvalue weighted by molar-refractivity contribution is -0.199. The molecule has 0 spiro atoms. The highest BCUT2D eigenvalue weighted by Gasteiger charge is 2.40. The molecule has 1 aromatic carbocycles. The number of aromatic nitrogens is 1. The van der Waals surface area contributed by atoms with Crippen LogP contribution in [0.25, 0.3) is 11.3 Å². The number of piperidine rings is 1. The van der Waals surface area contributed by atoms with Crippen LogP contribution < -0.4 is 10.1 Å². The molecule has 0 aliphatic carbocycles. The van der Waals surface area contributed by atoms with Crippen LogP contribution in [0.1, 0.15) is 37.0 Å². The fraction of sp³-hybridized carbons (Fsp3) is 0.462. The molecule has 2 aromatic rings. The van der Waals surface area contributed by atoms with Crippen molar-refractivity contribution in [1.29, 1.82) is 0 Å². The van der Waals surface area contributed by atoms with Gasteiger partial charge >= 0.3 is 18.2 Å². The smallest absolute Gasteiger partial charge is 0.490 e. The summed E-state index contributed by atoms with van der Waals surface area (Å²) in [4.78, 5) is 40.9. The van der Waals surface area contributed by atoms with Gasteiger partial charge in [0.05, 0.1) is 31.1 Å². The molecule has 2 amide bonds. The Kier molecular flexibility index (Phi) is 9.91. The van der Waals surface area contributed by atoms with Gasteiger partial charge in [0, 0.05) is 24.2 Å². The largest absolute Gasteiger partial charge is 0.492 e. The molecular weight excluding hydrogens is 507 g/mol. The fourth-order valence-electron chi connectivity index (χ4n) is 3.69. The molecule has 1 fully saturated rings. The second kappa shape index (κ2) is 13.1. The Balaban J connectivity index is 1.41. The molecule has 0 bridgehead atoms. The summed E-state index contributed by atoms with van der Waals surface area (Å²) in [6.45, 7) is 4.60. The van der Waals surface area contributed by atoms with E-state index in [-0.39, 0.29) is 18.7 Å². The lowest BCUT2D eigenvalue weighted by atomic mass is 9.98. The van der Waals surface area contributed by atoms with Crippen LogP contribution in [0.3, 0.4) is 0 Å². The molecule has 1 N–H and O–H groups in total. The molecule has 206 valence electrons. The molecule has 0 atom stereocenters. The van der Waals surface area contributed by atoms with E-state index in [1.807, 2.05) is 13.8 Å². The van der Waals surface area contributed by atoms with Crippen LogP contribution in [-0.4, -0.2) is 73.0 Å². The summed E-state index contributed by atoms with van der Waals surface area (Å²) in [7, 11) is 0. The van der Waals surface area contributed by atoms with Gasteiger partial charge in [-0.3, -0.25) is 9.78 Å². The summed E-state index contributed by atoms with van der Waals surface area (Å²) < 4.78 is 51.4. The monoisotopic (exact) mass is 537 g/mol. The first-order chi connectivity index (χ1) is 18.0. The summed E-state index contributed by atoms with van der Waals surface area (Å²) in [6.07, 6.45) is -2.21. The summed E-state index contributed by atoms with van der Waals surface area (Å²) in [6, 6.07) is 10.1. The van der Waals surface area contributed by atoms with Crippen molar-refractivity contribution < 1.29 is 41.8 Å². The van der Waals surface area contributed by atoms with Gasteiger partial charge in [-0.25, -0.2) is 9.59 Å². The Hall–Kier alpha value is -3.83. The Morgan fingerprint density at radius 3 is 2.34 bits per heavy atom. The predicted octanol–water partition coefficient (Wildman–Crippen LogP) is 4.22. The van der Waals surface area contributed by atoms with Gasteiger partial charge in [-0.2, -0.15) is 13.2 Å². The predicted molar refractivity (Wildman–Crippen MR) is 130 cm³/mol. The summed E-state index contributed by atoms with van der Waals surface area (Å²) in [5, 5.41) is 2.39. The number of nitrogens with one attached hydrogen (secondary N) is 1. The number of pyridine rings is 1. The van der Waals surface area contributed by atoms with E-state index in [1.54, 1.807) is 47.5 Å². The van der Waals surface area contributed by atoms with Crippen LogP contribution in [-0.2, 0) is 14.3 Å². The van der Waals surface area contributed by atoms with E-state index in [4.69, 9.17) is 9.47 Å². The number of carbonyl (C=O) groups excluding carboxylic acids is 3. The van der Waals surface area contributed by atoms with Gasteiger partial charge in [-0.05, 0) is 56.9 Å². The van der Waals surface area contributed by atoms with Crippen LogP contribution in [0.2, 0.25) is 0 Å². The average molecular weight is 538 g/mol. The Morgan fingerprint density at radius 1 is 1.08 bits per heavy atom. The van der Waals surface area contributed by atoms with Crippen molar-refractivity contribution in [1.82, 2.24) is 15.2 Å². The number of likely N-dealkylation sites (tertiary alicyclic amines) is 1. The number of esters is 1. The number of halogens is 3. The molecule has 0 radical (unpaired) electrons. The molecule has 9 nitrogen and oxygen atoms in total. The van der Waals surface area contributed by atoms with Crippen LogP contribution in [0.15, 0.2) is 42.6 Å². The number of benzene rings is 1. The standard InChI is InChI=1S/C26H30F3N3O6/c1-17(2)38-25(35)32-12-9-18(10-13-32)16-37-21-7-8-22(31-15-21)19-3-5-20(6-4-19)23(33)30-11-14-36-24(34)26(27,28)29/h3-8,15,17-18H,9-14,16H2,1-2H3,(H,30,33). The first-order valence-electron chi connectivity index (χ1n) is 12.2. The van der Waals surface area contributed by atoms with Crippen molar-refractivity contribution >= 4 is 18.0 Å².